The van der Waals surface area contributed by atoms with E-state index in [1.54, 1.807) is 0 Å². The first-order valence-corrected chi connectivity index (χ1v) is 6.23. The standard InChI is InChI=1S/C14H22N2O/c1-3-13(15)14(17)16-10-9-11(2)12-7-5-4-6-8-12/h4-8,11,13H,3,9-10,15H2,1-2H3,(H,16,17)/t11?,13-/m1/s1. The average Bonchev–Trinajstić information content (AvgIpc) is 2.38. The summed E-state index contributed by atoms with van der Waals surface area (Å²) in [5.41, 5.74) is 6.94. The lowest BCUT2D eigenvalue weighted by Crippen LogP contribution is -2.40. The second-order valence-electron chi connectivity index (χ2n) is 4.41. The van der Waals surface area contributed by atoms with Gasteiger partial charge in [0.2, 0.25) is 5.91 Å². The normalized spacial score (nSPS) is 14.1. The number of carbonyl (C=O) groups is 1. The Balaban J connectivity index is 2.30. The molecule has 0 fully saturated rings. The summed E-state index contributed by atoms with van der Waals surface area (Å²) in [7, 11) is 0. The Morgan fingerprint density at radius 1 is 1.35 bits per heavy atom. The summed E-state index contributed by atoms with van der Waals surface area (Å²) in [6.45, 7) is 4.76. The molecule has 94 valence electrons. The zero-order valence-electron chi connectivity index (χ0n) is 10.6. The summed E-state index contributed by atoms with van der Waals surface area (Å²) in [6.07, 6.45) is 1.62. The van der Waals surface area contributed by atoms with E-state index >= 15 is 0 Å². The van der Waals surface area contributed by atoms with Gasteiger partial charge in [-0.15, -0.1) is 0 Å². The van der Waals surface area contributed by atoms with Crippen molar-refractivity contribution in [2.75, 3.05) is 6.54 Å². The number of nitrogens with two attached hydrogens (primary N) is 1. The fourth-order valence-corrected chi connectivity index (χ4v) is 1.68. The first-order chi connectivity index (χ1) is 8.15. The number of amides is 1. The number of rotatable bonds is 6. The van der Waals surface area contributed by atoms with Gasteiger partial charge in [0, 0.05) is 6.54 Å². The van der Waals surface area contributed by atoms with Crippen molar-refractivity contribution in [1.82, 2.24) is 5.32 Å². The van der Waals surface area contributed by atoms with Crippen molar-refractivity contribution in [3.63, 3.8) is 0 Å². The highest BCUT2D eigenvalue weighted by molar-refractivity contribution is 5.81. The van der Waals surface area contributed by atoms with Gasteiger partial charge in [-0.25, -0.2) is 0 Å². The molecular formula is C14H22N2O. The minimum atomic E-state index is -0.373. The van der Waals surface area contributed by atoms with Crippen LogP contribution in [-0.2, 0) is 4.79 Å². The van der Waals surface area contributed by atoms with Crippen LogP contribution in [0.1, 0.15) is 38.2 Å². The van der Waals surface area contributed by atoms with Crippen molar-refractivity contribution < 1.29 is 4.79 Å². The van der Waals surface area contributed by atoms with Crippen LogP contribution in [0.4, 0.5) is 0 Å². The average molecular weight is 234 g/mol. The van der Waals surface area contributed by atoms with Crippen molar-refractivity contribution >= 4 is 5.91 Å². The van der Waals surface area contributed by atoms with Crippen LogP contribution in [0.15, 0.2) is 30.3 Å². The van der Waals surface area contributed by atoms with Gasteiger partial charge < -0.3 is 11.1 Å². The van der Waals surface area contributed by atoms with Crippen molar-refractivity contribution in [1.29, 1.82) is 0 Å². The number of nitrogens with one attached hydrogen (secondary N) is 1. The molecule has 0 spiro atoms. The van der Waals surface area contributed by atoms with Crippen LogP contribution in [-0.4, -0.2) is 18.5 Å². The quantitative estimate of drug-likeness (QED) is 0.791. The van der Waals surface area contributed by atoms with Gasteiger partial charge in [0.15, 0.2) is 0 Å². The van der Waals surface area contributed by atoms with Gasteiger partial charge in [0.1, 0.15) is 0 Å². The van der Waals surface area contributed by atoms with Crippen LogP contribution >= 0.6 is 0 Å². The van der Waals surface area contributed by atoms with E-state index in [1.165, 1.54) is 5.56 Å². The highest BCUT2D eigenvalue weighted by Crippen LogP contribution is 2.17. The van der Waals surface area contributed by atoms with Gasteiger partial charge in [0.05, 0.1) is 6.04 Å². The first kappa shape index (κ1) is 13.7. The minimum Gasteiger partial charge on any atom is -0.355 e. The summed E-state index contributed by atoms with van der Waals surface area (Å²) in [4.78, 5) is 11.5. The van der Waals surface area contributed by atoms with E-state index in [1.807, 2.05) is 25.1 Å². The van der Waals surface area contributed by atoms with Gasteiger partial charge >= 0.3 is 0 Å². The zero-order valence-corrected chi connectivity index (χ0v) is 10.6. The molecule has 1 amide bonds. The number of benzene rings is 1. The van der Waals surface area contributed by atoms with Crippen LogP contribution < -0.4 is 11.1 Å². The van der Waals surface area contributed by atoms with Crippen molar-refractivity contribution in [3.05, 3.63) is 35.9 Å². The van der Waals surface area contributed by atoms with E-state index in [0.29, 0.717) is 18.9 Å². The molecule has 0 aliphatic carbocycles. The Kier molecular flexibility index (Phi) is 5.70. The van der Waals surface area contributed by atoms with Gasteiger partial charge in [-0.2, -0.15) is 0 Å². The van der Waals surface area contributed by atoms with Crippen molar-refractivity contribution in [3.8, 4) is 0 Å². The molecule has 3 nitrogen and oxygen atoms in total. The second kappa shape index (κ2) is 7.07. The Hall–Kier alpha value is -1.35. The molecule has 1 rings (SSSR count). The lowest BCUT2D eigenvalue weighted by Gasteiger charge is -2.14. The predicted molar refractivity (Wildman–Crippen MR) is 70.8 cm³/mol. The molecule has 17 heavy (non-hydrogen) atoms. The third-order valence-corrected chi connectivity index (χ3v) is 3.02. The summed E-state index contributed by atoms with van der Waals surface area (Å²) in [6, 6.07) is 9.95. The second-order valence-corrected chi connectivity index (χ2v) is 4.41. The third kappa shape index (κ3) is 4.57. The summed E-state index contributed by atoms with van der Waals surface area (Å²) < 4.78 is 0. The predicted octanol–water partition coefficient (Wildman–Crippen LogP) is 2.03. The molecule has 0 saturated heterocycles. The molecule has 3 heteroatoms. The molecule has 0 aromatic heterocycles. The van der Waals surface area contributed by atoms with Gasteiger partial charge in [-0.3, -0.25) is 4.79 Å². The largest absolute Gasteiger partial charge is 0.355 e. The Labute approximate surface area is 103 Å². The number of carbonyl (C=O) groups excluding carboxylic acids is 1. The Morgan fingerprint density at radius 3 is 2.59 bits per heavy atom. The summed E-state index contributed by atoms with van der Waals surface area (Å²) in [5.74, 6) is 0.405. The molecule has 0 aliphatic heterocycles. The minimum absolute atomic E-state index is 0.0484. The van der Waals surface area contributed by atoms with E-state index < -0.39 is 0 Å². The molecular weight excluding hydrogens is 212 g/mol. The Bertz CT molecular complexity index is 337. The van der Waals surface area contributed by atoms with Crippen LogP contribution in [0.2, 0.25) is 0 Å². The van der Waals surface area contributed by atoms with E-state index in [0.717, 1.165) is 6.42 Å². The highest BCUT2D eigenvalue weighted by atomic mass is 16.2. The smallest absolute Gasteiger partial charge is 0.236 e. The molecule has 1 aromatic rings. The maximum absolute atomic E-state index is 11.5. The Morgan fingerprint density at radius 2 is 2.00 bits per heavy atom. The first-order valence-electron chi connectivity index (χ1n) is 6.23. The molecule has 0 aliphatic rings. The lowest BCUT2D eigenvalue weighted by atomic mass is 9.98. The van der Waals surface area contributed by atoms with E-state index in [2.05, 4.69) is 24.4 Å². The SMILES string of the molecule is CC[C@@H](N)C(=O)NCCC(C)c1ccccc1. The number of hydrogen-bond acceptors (Lipinski definition) is 2. The molecule has 3 N–H and O–H groups in total. The van der Waals surface area contributed by atoms with E-state index in [4.69, 9.17) is 5.73 Å². The molecule has 1 aromatic carbocycles. The van der Waals surface area contributed by atoms with Crippen LogP contribution in [0.5, 0.6) is 0 Å². The fourth-order valence-electron chi connectivity index (χ4n) is 1.68. The van der Waals surface area contributed by atoms with Gasteiger partial charge in [-0.05, 0) is 24.3 Å². The van der Waals surface area contributed by atoms with E-state index in [9.17, 15) is 4.79 Å². The molecule has 2 atom stereocenters. The van der Waals surface area contributed by atoms with Crippen LogP contribution in [0.3, 0.4) is 0 Å². The van der Waals surface area contributed by atoms with Gasteiger partial charge in [-0.1, -0.05) is 44.2 Å². The zero-order chi connectivity index (χ0) is 12.7. The monoisotopic (exact) mass is 234 g/mol. The molecule has 0 saturated carbocycles. The molecule has 1 unspecified atom stereocenters. The maximum Gasteiger partial charge on any atom is 0.236 e. The molecule has 0 bridgehead atoms. The topological polar surface area (TPSA) is 55.1 Å². The number of hydrogen-bond donors (Lipinski definition) is 2. The molecule has 0 radical (unpaired) electrons. The van der Waals surface area contributed by atoms with Crippen LogP contribution in [0, 0.1) is 0 Å². The maximum atomic E-state index is 11.5. The van der Waals surface area contributed by atoms with Gasteiger partial charge in [0.25, 0.3) is 0 Å². The lowest BCUT2D eigenvalue weighted by molar-refractivity contribution is -0.122. The van der Waals surface area contributed by atoms with Crippen LogP contribution in [0.25, 0.3) is 0 Å². The highest BCUT2D eigenvalue weighted by Gasteiger charge is 2.10. The summed E-state index contributed by atoms with van der Waals surface area (Å²) in [5, 5.41) is 2.87. The third-order valence-electron chi connectivity index (χ3n) is 3.02. The summed E-state index contributed by atoms with van der Waals surface area (Å²) >= 11 is 0. The van der Waals surface area contributed by atoms with Crippen molar-refractivity contribution in [2.45, 2.75) is 38.6 Å². The fraction of sp³-hybridized carbons (Fsp3) is 0.500. The van der Waals surface area contributed by atoms with Crippen molar-refractivity contribution in [2.24, 2.45) is 5.73 Å². The molecule has 0 heterocycles. The van der Waals surface area contributed by atoms with E-state index in [-0.39, 0.29) is 11.9 Å².